The highest BCUT2D eigenvalue weighted by molar-refractivity contribution is 9.10. The van der Waals surface area contributed by atoms with Gasteiger partial charge in [-0.3, -0.25) is 4.79 Å². The van der Waals surface area contributed by atoms with Gasteiger partial charge in [0, 0.05) is 10.2 Å². The van der Waals surface area contributed by atoms with E-state index in [1.807, 2.05) is 13.0 Å². The van der Waals surface area contributed by atoms with Gasteiger partial charge in [-0.15, -0.1) is 0 Å². The first-order valence-electron chi connectivity index (χ1n) is 5.60. The number of nitrogen functional groups attached to an aromatic ring is 1. The molecular formula is C14H12BrFN2O. The van der Waals surface area contributed by atoms with Gasteiger partial charge in [-0.1, -0.05) is 11.6 Å². The van der Waals surface area contributed by atoms with E-state index in [2.05, 4.69) is 21.2 Å². The minimum Gasteiger partial charge on any atom is -0.398 e. The smallest absolute Gasteiger partial charge is 0.257 e. The average Bonchev–Trinajstić information content (AvgIpc) is 2.35. The van der Waals surface area contributed by atoms with Crippen LogP contribution in [0.25, 0.3) is 0 Å². The lowest BCUT2D eigenvalue weighted by molar-refractivity contribution is 0.102. The first kappa shape index (κ1) is 13.5. The quantitative estimate of drug-likeness (QED) is 0.828. The summed E-state index contributed by atoms with van der Waals surface area (Å²) in [6.07, 6.45) is 0. The third kappa shape index (κ3) is 3.12. The predicted molar refractivity (Wildman–Crippen MR) is 77.6 cm³/mol. The highest BCUT2D eigenvalue weighted by atomic mass is 79.9. The van der Waals surface area contributed by atoms with Crippen LogP contribution in [0.5, 0.6) is 0 Å². The molecule has 0 saturated carbocycles. The van der Waals surface area contributed by atoms with Crippen molar-refractivity contribution in [3.8, 4) is 0 Å². The summed E-state index contributed by atoms with van der Waals surface area (Å²) in [7, 11) is 0. The maximum Gasteiger partial charge on any atom is 0.257 e. The normalized spacial score (nSPS) is 10.3. The minimum atomic E-state index is -0.375. The molecule has 0 heterocycles. The zero-order chi connectivity index (χ0) is 14.0. The maximum absolute atomic E-state index is 13.0. The molecule has 0 fully saturated rings. The third-order valence-corrected chi connectivity index (χ3v) is 3.29. The van der Waals surface area contributed by atoms with Gasteiger partial charge < -0.3 is 11.1 Å². The Morgan fingerprint density at radius 3 is 2.68 bits per heavy atom. The number of nitrogens with one attached hydrogen (secondary N) is 1. The van der Waals surface area contributed by atoms with Crippen LogP contribution in [-0.4, -0.2) is 5.91 Å². The molecular weight excluding hydrogens is 311 g/mol. The van der Waals surface area contributed by atoms with E-state index in [-0.39, 0.29) is 11.7 Å². The Hall–Kier alpha value is -1.88. The van der Waals surface area contributed by atoms with Gasteiger partial charge in [0.25, 0.3) is 5.91 Å². The molecule has 2 aromatic carbocycles. The number of aryl methyl sites for hydroxylation is 1. The van der Waals surface area contributed by atoms with Crippen LogP contribution in [0.1, 0.15) is 15.9 Å². The van der Waals surface area contributed by atoms with Gasteiger partial charge in [0.1, 0.15) is 5.82 Å². The number of hydrogen-bond donors (Lipinski definition) is 2. The molecule has 98 valence electrons. The molecule has 0 spiro atoms. The van der Waals surface area contributed by atoms with Crippen molar-refractivity contribution >= 4 is 33.2 Å². The van der Waals surface area contributed by atoms with E-state index in [1.165, 1.54) is 18.2 Å². The molecule has 0 aliphatic rings. The van der Waals surface area contributed by atoms with Crippen LogP contribution >= 0.6 is 15.9 Å². The molecule has 0 atom stereocenters. The Bertz CT molecular complexity index is 643. The van der Waals surface area contributed by atoms with E-state index in [4.69, 9.17) is 5.73 Å². The number of rotatable bonds is 2. The molecule has 0 unspecified atom stereocenters. The topological polar surface area (TPSA) is 55.1 Å². The van der Waals surface area contributed by atoms with Crippen LogP contribution in [0.15, 0.2) is 40.9 Å². The van der Waals surface area contributed by atoms with E-state index in [1.54, 1.807) is 12.1 Å². The summed E-state index contributed by atoms with van der Waals surface area (Å²) in [5.41, 5.74) is 8.01. The fourth-order valence-corrected chi connectivity index (χ4v) is 2.10. The number of halogens is 2. The minimum absolute atomic E-state index is 0.325. The zero-order valence-corrected chi connectivity index (χ0v) is 11.8. The van der Waals surface area contributed by atoms with Crippen LogP contribution in [0.4, 0.5) is 15.8 Å². The van der Waals surface area contributed by atoms with Gasteiger partial charge >= 0.3 is 0 Å². The molecule has 19 heavy (non-hydrogen) atoms. The van der Waals surface area contributed by atoms with E-state index < -0.39 is 0 Å². The van der Waals surface area contributed by atoms with Crippen molar-refractivity contribution in [2.45, 2.75) is 6.92 Å². The lowest BCUT2D eigenvalue weighted by atomic mass is 10.1. The van der Waals surface area contributed by atoms with Crippen molar-refractivity contribution in [3.63, 3.8) is 0 Å². The molecule has 3 N–H and O–H groups in total. The van der Waals surface area contributed by atoms with Crippen molar-refractivity contribution in [2.75, 3.05) is 11.1 Å². The van der Waals surface area contributed by atoms with Gasteiger partial charge in [0.2, 0.25) is 0 Å². The number of nitrogens with two attached hydrogens (primary N) is 1. The SMILES string of the molecule is Cc1ccc(N)c(C(=O)Nc2ccc(F)cc2Br)c1. The molecule has 2 rings (SSSR count). The molecule has 3 nitrogen and oxygen atoms in total. The summed E-state index contributed by atoms with van der Waals surface area (Å²) in [6, 6.07) is 9.28. The van der Waals surface area contributed by atoms with Gasteiger partial charge in [-0.05, 0) is 53.2 Å². The van der Waals surface area contributed by atoms with Crippen molar-refractivity contribution in [2.24, 2.45) is 0 Å². The molecule has 0 aliphatic heterocycles. The van der Waals surface area contributed by atoms with E-state index >= 15 is 0 Å². The van der Waals surface area contributed by atoms with Crippen LogP contribution in [0.2, 0.25) is 0 Å². The summed E-state index contributed by atoms with van der Waals surface area (Å²) in [5, 5.41) is 2.69. The number of benzene rings is 2. The predicted octanol–water partition coefficient (Wildman–Crippen LogP) is 3.73. The molecule has 0 radical (unpaired) electrons. The van der Waals surface area contributed by atoms with E-state index in [0.29, 0.717) is 21.4 Å². The summed E-state index contributed by atoms with van der Waals surface area (Å²) in [5.74, 6) is -0.701. The molecule has 5 heteroatoms. The van der Waals surface area contributed by atoms with Crippen LogP contribution in [-0.2, 0) is 0 Å². The fraction of sp³-hybridized carbons (Fsp3) is 0.0714. The molecule has 0 aliphatic carbocycles. The number of carbonyl (C=O) groups is 1. The van der Waals surface area contributed by atoms with Crippen molar-refractivity contribution in [1.29, 1.82) is 0 Å². The monoisotopic (exact) mass is 322 g/mol. The van der Waals surface area contributed by atoms with Gasteiger partial charge in [-0.25, -0.2) is 4.39 Å². The summed E-state index contributed by atoms with van der Waals surface area (Å²) < 4.78 is 13.4. The van der Waals surface area contributed by atoms with Crippen LogP contribution in [0.3, 0.4) is 0 Å². The number of anilines is 2. The summed E-state index contributed by atoms with van der Waals surface area (Å²) in [6.45, 7) is 1.88. The zero-order valence-electron chi connectivity index (χ0n) is 10.2. The van der Waals surface area contributed by atoms with Crippen molar-refractivity contribution in [3.05, 3.63) is 57.8 Å². The largest absolute Gasteiger partial charge is 0.398 e. The fourth-order valence-electron chi connectivity index (χ4n) is 1.65. The van der Waals surface area contributed by atoms with Gasteiger partial charge in [-0.2, -0.15) is 0 Å². The second kappa shape index (κ2) is 5.40. The summed E-state index contributed by atoms with van der Waals surface area (Å²) >= 11 is 3.20. The highest BCUT2D eigenvalue weighted by Crippen LogP contribution is 2.24. The second-order valence-electron chi connectivity index (χ2n) is 4.17. The number of carbonyl (C=O) groups excluding carboxylic acids is 1. The second-order valence-corrected chi connectivity index (χ2v) is 5.02. The van der Waals surface area contributed by atoms with E-state index in [9.17, 15) is 9.18 Å². The molecule has 0 saturated heterocycles. The van der Waals surface area contributed by atoms with Crippen LogP contribution in [0, 0.1) is 12.7 Å². The molecule has 2 aromatic rings. The molecule has 0 aromatic heterocycles. The number of hydrogen-bond acceptors (Lipinski definition) is 2. The standard InChI is InChI=1S/C14H12BrFN2O/c1-8-2-4-12(17)10(6-8)14(19)18-13-5-3-9(16)7-11(13)15/h2-7H,17H2,1H3,(H,18,19). The highest BCUT2D eigenvalue weighted by Gasteiger charge is 2.12. The third-order valence-electron chi connectivity index (χ3n) is 2.63. The van der Waals surface area contributed by atoms with Gasteiger partial charge in [0.05, 0.1) is 11.3 Å². The Balaban J connectivity index is 2.28. The first-order chi connectivity index (χ1) is 8.97. The number of amides is 1. The molecule has 1 amide bonds. The van der Waals surface area contributed by atoms with Crippen molar-refractivity contribution in [1.82, 2.24) is 0 Å². The van der Waals surface area contributed by atoms with E-state index in [0.717, 1.165) is 5.56 Å². The Morgan fingerprint density at radius 2 is 2.00 bits per heavy atom. The first-order valence-corrected chi connectivity index (χ1v) is 6.39. The maximum atomic E-state index is 13.0. The average molecular weight is 323 g/mol. The van der Waals surface area contributed by atoms with Gasteiger partial charge in [0.15, 0.2) is 0 Å². The Kier molecular flexibility index (Phi) is 3.85. The lowest BCUT2D eigenvalue weighted by Crippen LogP contribution is -2.14. The summed E-state index contributed by atoms with van der Waals surface area (Å²) in [4.78, 5) is 12.1. The Labute approximate surface area is 118 Å². The van der Waals surface area contributed by atoms with Crippen LogP contribution < -0.4 is 11.1 Å². The molecule has 0 bridgehead atoms. The Morgan fingerprint density at radius 1 is 1.26 bits per heavy atom. The van der Waals surface area contributed by atoms with Crippen molar-refractivity contribution < 1.29 is 9.18 Å². The lowest BCUT2D eigenvalue weighted by Gasteiger charge is -2.10.